The third kappa shape index (κ3) is 5.80. The van der Waals surface area contributed by atoms with Crippen LogP contribution in [0.2, 0.25) is 0 Å². The smallest absolute Gasteiger partial charge is 0.303 e. The molecule has 1 aromatic rings. The van der Waals surface area contributed by atoms with E-state index < -0.39 is 29.9 Å². The van der Waals surface area contributed by atoms with E-state index in [1.807, 2.05) is 0 Å². The van der Waals surface area contributed by atoms with Gasteiger partial charge < -0.3 is 27.0 Å². The molecule has 1 aromatic carbocycles. The van der Waals surface area contributed by atoms with Gasteiger partial charge in [0.2, 0.25) is 11.8 Å². The molecule has 2 atom stereocenters. The van der Waals surface area contributed by atoms with Gasteiger partial charge in [0.25, 0.3) is 0 Å². The molecule has 22 heavy (non-hydrogen) atoms. The van der Waals surface area contributed by atoms with Gasteiger partial charge in [0.15, 0.2) is 0 Å². The number of aromatic hydroxyl groups is 1. The maximum absolute atomic E-state index is 11.9. The number of carboxylic acids is 1. The Morgan fingerprint density at radius 1 is 1.18 bits per heavy atom. The number of carbonyl (C=O) groups excluding carboxylic acids is 2. The number of carboxylic acid groups (broad SMARTS) is 1. The minimum atomic E-state index is -1.09. The van der Waals surface area contributed by atoms with Crippen molar-refractivity contribution in [3.8, 4) is 5.75 Å². The van der Waals surface area contributed by atoms with E-state index in [0.717, 1.165) is 5.56 Å². The van der Waals surface area contributed by atoms with E-state index in [2.05, 4.69) is 5.32 Å². The lowest BCUT2D eigenvalue weighted by Gasteiger charge is -2.18. The summed E-state index contributed by atoms with van der Waals surface area (Å²) in [6.07, 6.45) is -0.181. The minimum Gasteiger partial charge on any atom is -0.508 e. The Labute approximate surface area is 127 Å². The van der Waals surface area contributed by atoms with Crippen molar-refractivity contribution in [2.75, 3.05) is 0 Å². The van der Waals surface area contributed by atoms with Crippen molar-refractivity contribution >= 4 is 17.8 Å². The number of primary amides is 1. The minimum absolute atomic E-state index is 0.0949. The molecule has 0 spiro atoms. The van der Waals surface area contributed by atoms with Crippen molar-refractivity contribution in [1.29, 1.82) is 0 Å². The highest BCUT2D eigenvalue weighted by atomic mass is 16.4. The third-order valence-corrected chi connectivity index (χ3v) is 3.04. The first-order valence-corrected chi connectivity index (χ1v) is 6.64. The maximum Gasteiger partial charge on any atom is 0.303 e. The molecule has 0 radical (unpaired) electrons. The molecule has 0 saturated heterocycles. The fourth-order valence-electron chi connectivity index (χ4n) is 1.81. The Hall–Kier alpha value is -2.61. The van der Waals surface area contributed by atoms with E-state index in [0.29, 0.717) is 0 Å². The molecule has 0 aliphatic carbocycles. The van der Waals surface area contributed by atoms with Gasteiger partial charge in [-0.25, -0.2) is 0 Å². The number of aliphatic carboxylic acids is 1. The molecule has 120 valence electrons. The first kappa shape index (κ1) is 17.4. The van der Waals surface area contributed by atoms with Crippen molar-refractivity contribution in [2.45, 2.75) is 31.3 Å². The zero-order chi connectivity index (χ0) is 16.7. The van der Waals surface area contributed by atoms with Gasteiger partial charge in [-0.05, 0) is 30.5 Å². The van der Waals surface area contributed by atoms with Crippen molar-refractivity contribution in [3.05, 3.63) is 29.8 Å². The van der Waals surface area contributed by atoms with Gasteiger partial charge in [-0.15, -0.1) is 0 Å². The molecule has 7 N–H and O–H groups in total. The van der Waals surface area contributed by atoms with E-state index >= 15 is 0 Å². The summed E-state index contributed by atoms with van der Waals surface area (Å²) in [6, 6.07) is 4.19. The van der Waals surface area contributed by atoms with Gasteiger partial charge in [0.1, 0.15) is 11.8 Å². The molecule has 0 heterocycles. The van der Waals surface area contributed by atoms with Gasteiger partial charge in [-0.2, -0.15) is 0 Å². The quantitative estimate of drug-likeness (QED) is 0.419. The third-order valence-electron chi connectivity index (χ3n) is 3.04. The Kier molecular flexibility index (Phi) is 6.33. The molecule has 0 bridgehead atoms. The number of hydrogen-bond donors (Lipinski definition) is 5. The van der Waals surface area contributed by atoms with Crippen LogP contribution in [0.3, 0.4) is 0 Å². The zero-order valence-corrected chi connectivity index (χ0v) is 11.9. The molecular formula is C14H19N3O5. The second-order valence-corrected chi connectivity index (χ2v) is 4.87. The number of phenolic OH excluding ortho intramolecular Hbond substituents is 1. The van der Waals surface area contributed by atoms with Crippen LogP contribution in [0.1, 0.15) is 18.4 Å². The average molecular weight is 309 g/mol. The first-order chi connectivity index (χ1) is 10.3. The number of hydrogen-bond acceptors (Lipinski definition) is 5. The summed E-state index contributed by atoms with van der Waals surface area (Å²) in [5.74, 6) is -2.40. The van der Waals surface area contributed by atoms with E-state index in [4.69, 9.17) is 16.6 Å². The number of benzene rings is 1. The number of nitrogens with two attached hydrogens (primary N) is 2. The highest BCUT2D eigenvalue weighted by Crippen LogP contribution is 2.11. The molecule has 8 heteroatoms. The van der Waals surface area contributed by atoms with E-state index in [1.54, 1.807) is 12.1 Å². The number of rotatable bonds is 8. The zero-order valence-electron chi connectivity index (χ0n) is 11.9. The predicted octanol–water partition coefficient (Wildman–Crippen LogP) is -0.903. The molecule has 0 aliphatic heterocycles. The van der Waals surface area contributed by atoms with E-state index in [-0.39, 0.29) is 25.0 Å². The molecule has 0 saturated carbocycles. The predicted molar refractivity (Wildman–Crippen MR) is 77.8 cm³/mol. The Morgan fingerprint density at radius 3 is 2.27 bits per heavy atom. The van der Waals surface area contributed by atoms with Crippen molar-refractivity contribution in [3.63, 3.8) is 0 Å². The van der Waals surface area contributed by atoms with Crippen LogP contribution < -0.4 is 16.8 Å². The van der Waals surface area contributed by atoms with Crippen molar-refractivity contribution in [2.24, 2.45) is 11.5 Å². The van der Waals surface area contributed by atoms with Crippen molar-refractivity contribution < 1.29 is 24.6 Å². The number of phenols is 1. The highest BCUT2D eigenvalue weighted by molar-refractivity contribution is 5.89. The monoisotopic (exact) mass is 309 g/mol. The molecule has 2 amide bonds. The van der Waals surface area contributed by atoms with Gasteiger partial charge >= 0.3 is 5.97 Å². The summed E-state index contributed by atoms with van der Waals surface area (Å²) in [7, 11) is 0. The molecule has 8 nitrogen and oxygen atoms in total. The van der Waals surface area contributed by atoms with Crippen LogP contribution in [0.4, 0.5) is 0 Å². The lowest BCUT2D eigenvalue weighted by atomic mass is 10.0. The fraction of sp³-hybridized carbons (Fsp3) is 0.357. The largest absolute Gasteiger partial charge is 0.508 e. The number of carbonyl (C=O) groups is 3. The van der Waals surface area contributed by atoms with Crippen LogP contribution in [-0.4, -0.2) is 40.1 Å². The van der Waals surface area contributed by atoms with E-state index in [1.165, 1.54) is 12.1 Å². The summed E-state index contributed by atoms with van der Waals surface area (Å²) >= 11 is 0. The Bertz CT molecular complexity index is 544. The van der Waals surface area contributed by atoms with Gasteiger partial charge in [0.05, 0.1) is 6.04 Å². The average Bonchev–Trinajstić information content (AvgIpc) is 2.44. The topological polar surface area (TPSA) is 156 Å². The molecular weight excluding hydrogens is 290 g/mol. The Balaban J connectivity index is 2.58. The van der Waals surface area contributed by atoms with Gasteiger partial charge in [0, 0.05) is 6.42 Å². The molecule has 0 unspecified atom stereocenters. The Morgan fingerprint density at radius 2 is 1.77 bits per heavy atom. The summed E-state index contributed by atoms with van der Waals surface area (Å²) in [5.41, 5.74) is 11.6. The van der Waals surface area contributed by atoms with Gasteiger partial charge in [-0.3, -0.25) is 14.4 Å². The SMILES string of the molecule is NC(=O)[C@@H](CCC(=O)O)NC(=O)[C@H](N)Cc1ccc(O)cc1. The number of amides is 2. The summed E-state index contributed by atoms with van der Waals surface area (Å²) in [4.78, 5) is 33.6. The lowest BCUT2D eigenvalue weighted by molar-refractivity contribution is -0.137. The lowest BCUT2D eigenvalue weighted by Crippen LogP contribution is -2.51. The van der Waals surface area contributed by atoms with E-state index in [9.17, 15) is 19.5 Å². The maximum atomic E-state index is 11.9. The summed E-state index contributed by atoms with van der Waals surface area (Å²) < 4.78 is 0. The first-order valence-electron chi connectivity index (χ1n) is 6.64. The molecule has 1 rings (SSSR count). The van der Waals surface area contributed by atoms with Crippen LogP contribution in [0, 0.1) is 0 Å². The van der Waals surface area contributed by atoms with Crippen LogP contribution in [-0.2, 0) is 20.8 Å². The normalized spacial score (nSPS) is 13.1. The van der Waals surface area contributed by atoms with Crippen molar-refractivity contribution in [1.82, 2.24) is 5.32 Å². The van der Waals surface area contributed by atoms with Crippen LogP contribution in [0.5, 0.6) is 5.75 Å². The van der Waals surface area contributed by atoms with Crippen LogP contribution in [0.25, 0.3) is 0 Å². The van der Waals surface area contributed by atoms with Crippen LogP contribution >= 0.6 is 0 Å². The summed E-state index contributed by atoms with van der Waals surface area (Å²) in [6.45, 7) is 0. The van der Waals surface area contributed by atoms with Gasteiger partial charge in [-0.1, -0.05) is 12.1 Å². The highest BCUT2D eigenvalue weighted by Gasteiger charge is 2.22. The van der Waals surface area contributed by atoms with Crippen LogP contribution in [0.15, 0.2) is 24.3 Å². The second-order valence-electron chi connectivity index (χ2n) is 4.87. The summed E-state index contributed by atoms with van der Waals surface area (Å²) in [5, 5.41) is 20.1. The fourth-order valence-corrected chi connectivity index (χ4v) is 1.81. The standard InChI is InChI=1S/C14H19N3O5/c15-10(7-8-1-3-9(18)4-2-8)14(22)17-11(13(16)21)5-6-12(19)20/h1-4,10-11,18H,5-7,15H2,(H2,16,21)(H,17,22)(H,19,20)/t10-,11-/m1/s1. The molecule has 0 fully saturated rings. The number of nitrogens with one attached hydrogen (secondary N) is 1. The molecule has 0 aliphatic rings. The molecule has 0 aromatic heterocycles. The second kappa shape index (κ2) is 7.99.